The Bertz CT molecular complexity index is 7690. The number of anilines is 15. The van der Waals surface area contributed by atoms with Crippen molar-refractivity contribution in [3.05, 3.63) is 550 Å². The van der Waals surface area contributed by atoms with Gasteiger partial charge in [-0.3, -0.25) is 0 Å². The van der Waals surface area contributed by atoms with Crippen LogP contribution in [0, 0.1) is 34.6 Å². The van der Waals surface area contributed by atoms with Crippen LogP contribution in [0.1, 0.15) is 27.8 Å². The van der Waals surface area contributed by atoms with Crippen molar-refractivity contribution < 1.29 is 0 Å². The molecular formula is C127H101N5. The summed E-state index contributed by atoms with van der Waals surface area (Å²) in [5, 5.41) is 20.0. The van der Waals surface area contributed by atoms with Crippen LogP contribution >= 0.6 is 0 Å². The van der Waals surface area contributed by atoms with Gasteiger partial charge >= 0.3 is 0 Å². The summed E-state index contributed by atoms with van der Waals surface area (Å²) in [7, 11) is 0. The first-order valence-electron chi connectivity index (χ1n) is 45.4. The Morgan fingerprint density at radius 1 is 0.114 bits per heavy atom. The van der Waals surface area contributed by atoms with Crippen molar-refractivity contribution in [3.8, 4) is 0 Å². The van der Waals surface area contributed by atoms with Crippen LogP contribution in [-0.2, 0) is 0 Å². The van der Waals surface area contributed by atoms with E-state index in [9.17, 15) is 0 Å². The maximum absolute atomic E-state index is 2.40. The first kappa shape index (κ1) is 84.6. The lowest BCUT2D eigenvalue weighted by molar-refractivity contribution is 1.25. The molecule has 0 radical (unpaired) electrons. The molecule has 634 valence electrons. The highest BCUT2D eigenvalue weighted by atomic mass is 15.2. The van der Waals surface area contributed by atoms with Gasteiger partial charge in [0.15, 0.2) is 0 Å². The van der Waals surface area contributed by atoms with Gasteiger partial charge in [-0.25, -0.2) is 0 Å². The summed E-state index contributed by atoms with van der Waals surface area (Å²) in [6.45, 7) is 10.7. The van der Waals surface area contributed by atoms with Gasteiger partial charge in [-0.05, 0) is 244 Å². The molecule has 0 amide bonds. The van der Waals surface area contributed by atoms with Gasteiger partial charge in [0, 0.05) is 83.5 Å². The molecule has 0 N–H and O–H groups in total. The number of fused-ring (bicyclic) bond motifs is 8. The lowest BCUT2D eigenvalue weighted by Crippen LogP contribution is -2.12. The average Bonchev–Trinajstić information content (AvgIpc) is 0.768. The van der Waals surface area contributed by atoms with Gasteiger partial charge < -0.3 is 24.5 Å². The number of rotatable bonds is 15. The number of hydrogen-bond donors (Lipinski definition) is 0. The standard InChI is InChI=1S/3C27H21N.2C23H19N/c1-20-10-2-7-17-25(20)28(26-18-8-13-21-11-3-5-15-23(21)26)27-19-9-14-22-12-4-6-16-24(22)27;1-20-9-6-14-23(19-20)28(26-17-7-12-21-10-2-4-15-24(21)26)27-18-8-13-22-11-3-5-16-25(22)27;1-20-16-18-23(19-17-20)28(26-14-6-10-21-8-2-4-12-24(21)26)27-15-7-11-22-9-3-5-13-25(22)27;1-18-9-5-8-14-23(18)24(21-12-3-2-4-13-21)22-16-15-19-10-6-7-11-20(19)17-22;1-18-8-7-13-22(16-18)24(21-11-3-2-4-12-21)23-15-14-19-9-5-6-10-20(19)17-23/h3*2-19H,1H3;2*2-17H,1H3. The van der Waals surface area contributed by atoms with Gasteiger partial charge in [-0.15, -0.1) is 0 Å². The fourth-order valence-corrected chi connectivity index (χ4v) is 18.1. The maximum Gasteiger partial charge on any atom is 0.0540 e. The van der Waals surface area contributed by atoms with Crippen LogP contribution in [0.25, 0.3) is 86.2 Å². The second-order valence-corrected chi connectivity index (χ2v) is 33.5. The third kappa shape index (κ3) is 18.5. The van der Waals surface area contributed by atoms with Crippen LogP contribution in [0.3, 0.4) is 0 Å². The molecule has 0 spiro atoms. The molecule has 0 heterocycles. The van der Waals surface area contributed by atoms with Crippen molar-refractivity contribution in [1.29, 1.82) is 0 Å². The van der Waals surface area contributed by atoms with Crippen LogP contribution in [0.2, 0.25) is 0 Å². The lowest BCUT2D eigenvalue weighted by Gasteiger charge is -2.29. The van der Waals surface area contributed by atoms with E-state index in [1.807, 2.05) is 0 Å². The largest absolute Gasteiger partial charge is 0.310 e. The summed E-state index contributed by atoms with van der Waals surface area (Å²) in [6, 6.07) is 185. The first-order valence-corrected chi connectivity index (χ1v) is 45.4. The second kappa shape index (κ2) is 39.6. The number of nitrogens with zero attached hydrogens (tertiary/aromatic N) is 5. The Hall–Kier alpha value is -16.9. The van der Waals surface area contributed by atoms with Gasteiger partial charge in [0.05, 0.1) is 34.1 Å². The van der Waals surface area contributed by atoms with Crippen molar-refractivity contribution >= 4 is 171 Å². The van der Waals surface area contributed by atoms with E-state index >= 15 is 0 Å². The zero-order valence-corrected chi connectivity index (χ0v) is 74.9. The molecule has 0 fully saturated rings. The van der Waals surface area contributed by atoms with E-state index in [0.29, 0.717) is 0 Å². The minimum atomic E-state index is 1.17. The summed E-state index contributed by atoms with van der Waals surface area (Å²) in [6.07, 6.45) is 0. The predicted octanol–water partition coefficient (Wildman–Crippen LogP) is 36.5. The van der Waals surface area contributed by atoms with E-state index in [0.717, 1.165) is 0 Å². The van der Waals surface area contributed by atoms with Crippen molar-refractivity contribution in [2.75, 3.05) is 24.5 Å². The van der Waals surface area contributed by atoms with Crippen LogP contribution < -0.4 is 24.5 Å². The van der Waals surface area contributed by atoms with Crippen LogP contribution in [0.4, 0.5) is 85.3 Å². The van der Waals surface area contributed by atoms with Crippen molar-refractivity contribution in [2.45, 2.75) is 34.6 Å². The molecule has 23 rings (SSSR count). The number of para-hydroxylation sites is 4. The quantitative estimate of drug-likeness (QED) is 0.101. The smallest absolute Gasteiger partial charge is 0.0540 e. The Morgan fingerprint density at radius 2 is 0.333 bits per heavy atom. The molecule has 0 bridgehead atoms. The van der Waals surface area contributed by atoms with Gasteiger partial charge in [0.2, 0.25) is 0 Å². The fraction of sp³-hybridized carbons (Fsp3) is 0.0394. The number of aryl methyl sites for hydroxylation is 5. The maximum atomic E-state index is 2.40. The van der Waals surface area contributed by atoms with Crippen LogP contribution in [-0.4, -0.2) is 0 Å². The van der Waals surface area contributed by atoms with Crippen molar-refractivity contribution in [2.24, 2.45) is 0 Å². The van der Waals surface area contributed by atoms with Crippen LogP contribution in [0.15, 0.2) is 522 Å². The summed E-state index contributed by atoms with van der Waals surface area (Å²) in [5.41, 5.74) is 24.1. The number of benzene rings is 23. The molecule has 0 aliphatic carbocycles. The van der Waals surface area contributed by atoms with Crippen molar-refractivity contribution in [1.82, 2.24) is 0 Å². The third-order valence-corrected chi connectivity index (χ3v) is 24.6. The molecule has 0 saturated heterocycles. The van der Waals surface area contributed by atoms with E-state index in [-0.39, 0.29) is 0 Å². The molecular weight excluding hydrogens is 1600 g/mol. The molecule has 5 nitrogen and oxygen atoms in total. The molecule has 0 aliphatic heterocycles. The summed E-state index contributed by atoms with van der Waals surface area (Å²) in [5.74, 6) is 0. The minimum Gasteiger partial charge on any atom is -0.310 e. The topological polar surface area (TPSA) is 16.2 Å². The Morgan fingerprint density at radius 3 is 0.682 bits per heavy atom. The van der Waals surface area contributed by atoms with Gasteiger partial charge in [0.1, 0.15) is 0 Å². The third-order valence-electron chi connectivity index (χ3n) is 24.6. The van der Waals surface area contributed by atoms with E-state index in [4.69, 9.17) is 0 Å². The Labute approximate surface area is 774 Å². The predicted molar refractivity (Wildman–Crippen MR) is 569 cm³/mol. The average molecular weight is 1700 g/mol. The van der Waals surface area contributed by atoms with E-state index < -0.39 is 0 Å². The SMILES string of the molecule is Cc1ccc(N(c2cccc3ccccc23)c2cccc3ccccc23)cc1.Cc1cccc(N(c2cccc3ccccc23)c2cccc3ccccc23)c1.Cc1cccc(N(c2ccccc2)c2ccc3ccccc3c2)c1.Cc1ccccc1N(c1cccc2ccccc12)c1cccc2ccccc12.Cc1ccccc1N(c1ccccc1)c1ccc2ccccc2c1. The lowest BCUT2D eigenvalue weighted by atomic mass is 10.0. The molecule has 23 aromatic rings. The Balaban J connectivity index is 0.000000107. The molecule has 5 heteroatoms. The second-order valence-electron chi connectivity index (χ2n) is 33.5. The summed E-state index contributed by atoms with van der Waals surface area (Å²) in [4.78, 5) is 11.8. The summed E-state index contributed by atoms with van der Waals surface area (Å²) >= 11 is 0. The fourth-order valence-electron chi connectivity index (χ4n) is 18.1. The van der Waals surface area contributed by atoms with Gasteiger partial charge in [-0.2, -0.15) is 0 Å². The highest BCUT2D eigenvalue weighted by molar-refractivity contribution is 6.09. The Kier molecular flexibility index (Phi) is 25.4. The molecule has 0 saturated carbocycles. The monoisotopic (exact) mass is 1700 g/mol. The van der Waals surface area contributed by atoms with Gasteiger partial charge in [0.25, 0.3) is 0 Å². The highest BCUT2D eigenvalue weighted by Gasteiger charge is 2.23. The van der Waals surface area contributed by atoms with E-state index in [1.165, 1.54) is 199 Å². The highest BCUT2D eigenvalue weighted by Crippen LogP contribution is 2.48. The molecule has 0 unspecified atom stereocenters. The van der Waals surface area contributed by atoms with Crippen molar-refractivity contribution in [3.63, 3.8) is 0 Å². The molecule has 0 atom stereocenters. The summed E-state index contributed by atoms with van der Waals surface area (Å²) < 4.78 is 0. The van der Waals surface area contributed by atoms with Gasteiger partial charge in [-0.1, -0.05) is 394 Å². The number of hydrogen-bond acceptors (Lipinski definition) is 5. The van der Waals surface area contributed by atoms with Crippen LogP contribution in [0.5, 0.6) is 0 Å². The molecule has 23 aromatic carbocycles. The van der Waals surface area contributed by atoms with E-state index in [2.05, 4.69) is 581 Å². The normalized spacial score (nSPS) is 10.9. The zero-order chi connectivity index (χ0) is 89.5. The first-order chi connectivity index (χ1) is 65.1. The van der Waals surface area contributed by atoms with E-state index in [1.54, 1.807) is 0 Å². The molecule has 0 aliphatic rings. The zero-order valence-electron chi connectivity index (χ0n) is 74.9. The molecule has 0 aromatic heterocycles. The minimum absolute atomic E-state index is 1.17. The molecule has 132 heavy (non-hydrogen) atoms.